The Bertz CT molecular complexity index is 832. The number of fused-ring (bicyclic) bond motifs is 1. The van der Waals surface area contributed by atoms with Gasteiger partial charge in [-0.3, -0.25) is 9.59 Å². The maximum Gasteiger partial charge on any atom is 0.336 e. The average molecular weight is 380 g/mol. The summed E-state index contributed by atoms with van der Waals surface area (Å²) in [5.41, 5.74) is 10.6. The number of methoxy groups -OCH3 is 1. The molecule has 0 aliphatic rings. The van der Waals surface area contributed by atoms with E-state index >= 15 is 0 Å². The van der Waals surface area contributed by atoms with Gasteiger partial charge in [0, 0.05) is 17.5 Å². The molecule has 0 saturated carbocycles. The third kappa shape index (κ3) is 7.47. The monoisotopic (exact) mass is 380 g/mol. The molecule has 9 nitrogen and oxygen atoms in total. The van der Waals surface area contributed by atoms with Crippen molar-refractivity contribution in [3.8, 4) is 5.75 Å². The van der Waals surface area contributed by atoms with Crippen molar-refractivity contribution in [1.29, 1.82) is 0 Å². The lowest BCUT2D eigenvalue weighted by Crippen LogP contribution is -2.29. The lowest BCUT2D eigenvalue weighted by atomic mass is 10.1. The lowest BCUT2D eigenvalue weighted by molar-refractivity contribution is -0.139. The van der Waals surface area contributed by atoms with Crippen LogP contribution in [0.1, 0.15) is 24.8 Å². The number of aliphatic carboxylic acids is 2. The van der Waals surface area contributed by atoms with E-state index in [9.17, 15) is 14.4 Å². The highest BCUT2D eigenvalue weighted by molar-refractivity contribution is 5.85. The standard InChI is InChI=1S/C12H10O5.C6H14N2O2/c1-16-8-2-3-9-7(4-11(13)14)5-12(15)17-10(9)6-8;7-4-2-1-3-5(8)6(9)10/h2-3,5-6H,4H2,1H3,(H,13,14);5H,1-4,7-8H2,(H,9,10)/t;5-/m.0/s1. The van der Waals surface area contributed by atoms with Gasteiger partial charge in [0.15, 0.2) is 0 Å². The van der Waals surface area contributed by atoms with Crippen molar-refractivity contribution in [2.75, 3.05) is 13.7 Å². The first kappa shape index (κ1) is 22.1. The van der Waals surface area contributed by atoms with Crippen molar-refractivity contribution in [3.05, 3.63) is 40.2 Å². The van der Waals surface area contributed by atoms with Gasteiger partial charge < -0.3 is 30.8 Å². The number of hydrogen-bond donors (Lipinski definition) is 4. The number of hydrogen-bond acceptors (Lipinski definition) is 7. The number of carboxylic acid groups (broad SMARTS) is 2. The summed E-state index contributed by atoms with van der Waals surface area (Å²) >= 11 is 0. The summed E-state index contributed by atoms with van der Waals surface area (Å²) in [6.45, 7) is 0.604. The molecular formula is C18H24N2O7. The Hall–Kier alpha value is -2.91. The van der Waals surface area contributed by atoms with E-state index in [1.54, 1.807) is 18.2 Å². The largest absolute Gasteiger partial charge is 0.497 e. The molecule has 27 heavy (non-hydrogen) atoms. The fourth-order valence-electron chi connectivity index (χ4n) is 2.28. The van der Waals surface area contributed by atoms with Gasteiger partial charge in [0.1, 0.15) is 17.4 Å². The molecule has 1 aromatic heterocycles. The first-order valence-corrected chi connectivity index (χ1v) is 8.29. The first-order chi connectivity index (χ1) is 12.8. The highest BCUT2D eigenvalue weighted by Crippen LogP contribution is 2.22. The molecule has 9 heteroatoms. The molecule has 0 saturated heterocycles. The molecule has 6 N–H and O–H groups in total. The van der Waals surface area contributed by atoms with E-state index in [1.807, 2.05) is 0 Å². The van der Waals surface area contributed by atoms with Crippen LogP contribution in [0.5, 0.6) is 5.75 Å². The van der Waals surface area contributed by atoms with Crippen molar-refractivity contribution < 1.29 is 29.0 Å². The molecule has 0 unspecified atom stereocenters. The Morgan fingerprint density at radius 2 is 1.93 bits per heavy atom. The van der Waals surface area contributed by atoms with Gasteiger partial charge >= 0.3 is 17.6 Å². The molecule has 2 rings (SSSR count). The second kappa shape index (κ2) is 10.9. The zero-order chi connectivity index (χ0) is 20.4. The quantitative estimate of drug-likeness (QED) is 0.385. The molecule has 0 spiro atoms. The molecule has 0 aliphatic heterocycles. The topological polar surface area (TPSA) is 166 Å². The summed E-state index contributed by atoms with van der Waals surface area (Å²) in [5, 5.41) is 17.7. The van der Waals surface area contributed by atoms with Crippen molar-refractivity contribution in [1.82, 2.24) is 0 Å². The molecule has 0 bridgehead atoms. The Kier molecular flexibility index (Phi) is 8.97. The molecule has 0 aliphatic carbocycles. The average Bonchev–Trinajstić information content (AvgIpc) is 2.61. The molecule has 1 atom stereocenters. The molecule has 0 radical (unpaired) electrons. The van der Waals surface area contributed by atoms with E-state index in [0.717, 1.165) is 12.8 Å². The van der Waals surface area contributed by atoms with Gasteiger partial charge in [0.25, 0.3) is 0 Å². The summed E-state index contributed by atoms with van der Waals surface area (Å²) < 4.78 is 10.0. The third-order valence-electron chi connectivity index (χ3n) is 3.67. The first-order valence-electron chi connectivity index (χ1n) is 8.29. The minimum Gasteiger partial charge on any atom is -0.497 e. The van der Waals surface area contributed by atoms with E-state index in [-0.39, 0.29) is 6.42 Å². The fourth-order valence-corrected chi connectivity index (χ4v) is 2.28. The number of ether oxygens (including phenoxy) is 1. The van der Waals surface area contributed by atoms with Gasteiger partial charge in [-0.25, -0.2) is 4.79 Å². The Labute approximate surface area is 155 Å². The Balaban J connectivity index is 0.000000314. The van der Waals surface area contributed by atoms with Crippen LogP contribution in [-0.2, 0) is 16.0 Å². The molecule has 2 aromatic rings. The summed E-state index contributed by atoms with van der Waals surface area (Å²) in [6, 6.07) is 5.40. The minimum atomic E-state index is -0.993. The zero-order valence-electron chi connectivity index (χ0n) is 15.0. The predicted molar refractivity (Wildman–Crippen MR) is 98.9 cm³/mol. The van der Waals surface area contributed by atoms with Crippen molar-refractivity contribution in [2.45, 2.75) is 31.7 Å². The number of nitrogens with two attached hydrogens (primary N) is 2. The van der Waals surface area contributed by atoms with Crippen molar-refractivity contribution in [3.63, 3.8) is 0 Å². The van der Waals surface area contributed by atoms with Crippen LogP contribution in [0.2, 0.25) is 0 Å². The Morgan fingerprint density at radius 3 is 2.48 bits per heavy atom. The number of rotatable bonds is 8. The fraction of sp³-hybridized carbons (Fsp3) is 0.389. The number of unbranched alkanes of at least 4 members (excludes halogenated alkanes) is 1. The summed E-state index contributed by atoms with van der Waals surface area (Å²) in [4.78, 5) is 32.1. The highest BCUT2D eigenvalue weighted by Gasteiger charge is 2.10. The maximum absolute atomic E-state index is 11.3. The smallest absolute Gasteiger partial charge is 0.336 e. The zero-order valence-corrected chi connectivity index (χ0v) is 15.0. The van der Waals surface area contributed by atoms with Crippen LogP contribution in [0.15, 0.2) is 33.5 Å². The number of benzene rings is 1. The van der Waals surface area contributed by atoms with Crippen LogP contribution < -0.4 is 21.8 Å². The SMILES string of the molecule is COc1ccc2c(CC(=O)O)cc(=O)oc2c1.NCCCC[C@H](N)C(=O)O. The van der Waals surface area contributed by atoms with Gasteiger partial charge in [-0.15, -0.1) is 0 Å². The Morgan fingerprint density at radius 1 is 1.22 bits per heavy atom. The van der Waals surface area contributed by atoms with Crippen LogP contribution >= 0.6 is 0 Å². The van der Waals surface area contributed by atoms with E-state index in [2.05, 4.69) is 0 Å². The van der Waals surface area contributed by atoms with Gasteiger partial charge in [-0.2, -0.15) is 0 Å². The number of carbonyl (C=O) groups is 2. The van der Waals surface area contributed by atoms with Gasteiger partial charge in [0.2, 0.25) is 0 Å². The summed E-state index contributed by atoms with van der Waals surface area (Å²) in [7, 11) is 1.50. The number of carboxylic acids is 2. The minimum absolute atomic E-state index is 0.214. The van der Waals surface area contributed by atoms with Crippen molar-refractivity contribution in [2.24, 2.45) is 11.5 Å². The van der Waals surface area contributed by atoms with Gasteiger partial charge in [-0.1, -0.05) is 6.42 Å². The van der Waals surface area contributed by atoms with Crippen LogP contribution in [0, 0.1) is 0 Å². The molecule has 0 amide bonds. The van der Waals surface area contributed by atoms with E-state index < -0.39 is 23.6 Å². The van der Waals surface area contributed by atoms with Crippen LogP contribution in [0.25, 0.3) is 11.0 Å². The van der Waals surface area contributed by atoms with E-state index in [1.165, 1.54) is 13.2 Å². The van der Waals surface area contributed by atoms with E-state index in [4.69, 9.17) is 30.8 Å². The molecule has 148 valence electrons. The molecular weight excluding hydrogens is 356 g/mol. The van der Waals surface area contributed by atoms with Crippen molar-refractivity contribution >= 4 is 22.9 Å². The van der Waals surface area contributed by atoms with Crippen LogP contribution in [0.4, 0.5) is 0 Å². The predicted octanol–water partition coefficient (Wildman–Crippen LogP) is 0.956. The maximum atomic E-state index is 11.3. The molecule has 1 aromatic carbocycles. The highest BCUT2D eigenvalue weighted by atomic mass is 16.5. The third-order valence-corrected chi connectivity index (χ3v) is 3.67. The summed E-state index contributed by atoms with van der Waals surface area (Å²) in [6.07, 6.45) is 1.95. The van der Waals surface area contributed by atoms with Crippen LogP contribution in [-0.4, -0.2) is 41.8 Å². The van der Waals surface area contributed by atoms with Gasteiger partial charge in [-0.05, 0) is 37.1 Å². The normalized spacial score (nSPS) is 11.4. The lowest BCUT2D eigenvalue weighted by Gasteiger charge is -2.04. The van der Waals surface area contributed by atoms with E-state index in [0.29, 0.717) is 35.2 Å². The molecule has 0 fully saturated rings. The molecule has 1 heterocycles. The van der Waals surface area contributed by atoms with Gasteiger partial charge in [0.05, 0.1) is 13.5 Å². The second-order valence-electron chi connectivity index (χ2n) is 5.75. The summed E-state index contributed by atoms with van der Waals surface area (Å²) in [5.74, 6) is -1.38. The van der Waals surface area contributed by atoms with Crippen LogP contribution in [0.3, 0.4) is 0 Å². The second-order valence-corrected chi connectivity index (χ2v) is 5.75.